The van der Waals surface area contributed by atoms with Gasteiger partial charge in [0.05, 0.1) is 23.2 Å². The summed E-state index contributed by atoms with van der Waals surface area (Å²) >= 11 is 0.949. The first-order chi connectivity index (χ1) is 19.6. The van der Waals surface area contributed by atoms with Gasteiger partial charge in [-0.3, -0.25) is 14.9 Å². The van der Waals surface area contributed by atoms with Crippen LogP contribution < -0.4 is 4.74 Å². The van der Waals surface area contributed by atoms with Gasteiger partial charge >= 0.3 is 6.18 Å². The molecule has 41 heavy (non-hydrogen) atoms. The maximum absolute atomic E-state index is 13.7. The van der Waals surface area contributed by atoms with Crippen molar-refractivity contribution in [1.29, 1.82) is 5.26 Å². The van der Waals surface area contributed by atoms with Crippen molar-refractivity contribution in [3.8, 4) is 22.9 Å². The number of nitro benzene ring substituents is 1. The van der Waals surface area contributed by atoms with E-state index in [2.05, 4.69) is 4.98 Å². The van der Waals surface area contributed by atoms with Gasteiger partial charge in [0.15, 0.2) is 5.78 Å². The summed E-state index contributed by atoms with van der Waals surface area (Å²) in [6, 6.07) is 21.7. The van der Waals surface area contributed by atoms with Gasteiger partial charge in [0.1, 0.15) is 22.5 Å². The molecule has 1 aromatic heterocycles. The fraction of sp³-hybridized carbons (Fsp3) is 0.100. The lowest BCUT2D eigenvalue weighted by molar-refractivity contribution is -0.385. The summed E-state index contributed by atoms with van der Waals surface area (Å²) in [4.78, 5) is 27.0. The lowest BCUT2D eigenvalue weighted by Crippen LogP contribution is -2.10. The summed E-state index contributed by atoms with van der Waals surface area (Å²) < 4.78 is 46.6. The molecule has 11 heteroatoms. The van der Waals surface area contributed by atoms with Crippen molar-refractivity contribution in [2.75, 3.05) is 7.11 Å². The fourth-order valence-electron chi connectivity index (χ4n) is 3.99. The van der Waals surface area contributed by atoms with E-state index in [9.17, 15) is 33.3 Å². The minimum atomic E-state index is -4.73. The van der Waals surface area contributed by atoms with Crippen molar-refractivity contribution < 1.29 is 27.6 Å². The Morgan fingerprint density at radius 3 is 2.46 bits per heavy atom. The molecule has 4 rings (SSSR count). The molecule has 0 radical (unpaired) electrons. The molecule has 7 nitrogen and oxygen atoms in total. The summed E-state index contributed by atoms with van der Waals surface area (Å²) in [5.41, 5.74) is 0.215. The van der Waals surface area contributed by atoms with E-state index >= 15 is 0 Å². The van der Waals surface area contributed by atoms with E-state index in [0.717, 1.165) is 17.8 Å². The molecule has 0 amide bonds. The lowest BCUT2D eigenvalue weighted by atomic mass is 10.0. The standard InChI is InChI=1S/C30H20F3N3O4S/c1-40-27-14-12-19(11-13-26(37)22-9-5-6-10-25(22)36(38)39)15-21(27)18-41-29-24(17-34)23(20-7-3-2-4-8-20)16-28(35-29)30(31,32)33/h2-16H,18H2,1H3/b13-11+. The largest absolute Gasteiger partial charge is 0.496 e. The molecule has 3 aromatic carbocycles. The number of alkyl halides is 3. The second kappa shape index (κ2) is 12.5. The number of halogens is 3. The zero-order valence-electron chi connectivity index (χ0n) is 21.4. The van der Waals surface area contributed by atoms with Gasteiger partial charge in [0.2, 0.25) is 0 Å². The highest BCUT2D eigenvalue weighted by atomic mass is 32.2. The Morgan fingerprint density at radius 2 is 1.80 bits per heavy atom. The highest BCUT2D eigenvalue weighted by molar-refractivity contribution is 7.98. The van der Waals surface area contributed by atoms with Gasteiger partial charge in [-0.05, 0) is 41.5 Å². The third-order valence-corrected chi connectivity index (χ3v) is 6.96. The molecule has 0 spiro atoms. The summed E-state index contributed by atoms with van der Waals surface area (Å²) in [6.45, 7) is 0. The number of hydrogen-bond acceptors (Lipinski definition) is 7. The number of rotatable bonds is 9. The number of nitrogens with zero attached hydrogens (tertiary/aromatic N) is 3. The number of para-hydroxylation sites is 1. The molecule has 0 atom stereocenters. The Balaban J connectivity index is 1.66. The number of ketones is 1. The predicted octanol–water partition coefficient (Wildman–Crippen LogP) is 7.74. The van der Waals surface area contributed by atoms with E-state index in [-0.39, 0.29) is 33.2 Å². The molecule has 0 fully saturated rings. The van der Waals surface area contributed by atoms with E-state index < -0.39 is 22.6 Å². The maximum atomic E-state index is 13.7. The third-order valence-electron chi connectivity index (χ3n) is 5.94. The molecule has 1 heterocycles. The highest BCUT2D eigenvalue weighted by Crippen LogP contribution is 2.38. The van der Waals surface area contributed by atoms with Gasteiger partial charge in [-0.25, -0.2) is 4.98 Å². The molecule has 0 saturated heterocycles. The number of ether oxygens (including phenoxy) is 1. The summed E-state index contributed by atoms with van der Waals surface area (Å²) in [5, 5.41) is 21.0. The average Bonchev–Trinajstić information content (AvgIpc) is 2.98. The van der Waals surface area contributed by atoms with Crippen LogP contribution >= 0.6 is 11.8 Å². The van der Waals surface area contributed by atoms with Crippen LogP contribution in [0.4, 0.5) is 18.9 Å². The number of nitro groups is 1. The number of carbonyl (C=O) groups excluding carboxylic acids is 1. The molecule has 0 N–H and O–H groups in total. The van der Waals surface area contributed by atoms with E-state index in [4.69, 9.17) is 4.74 Å². The van der Waals surface area contributed by atoms with E-state index in [1.54, 1.807) is 48.5 Å². The monoisotopic (exact) mass is 575 g/mol. The minimum absolute atomic E-state index is 0.0132. The van der Waals surface area contributed by atoms with Crippen LogP contribution in [0.1, 0.15) is 32.7 Å². The molecule has 0 aliphatic rings. The van der Waals surface area contributed by atoms with Gasteiger partial charge in [-0.2, -0.15) is 18.4 Å². The maximum Gasteiger partial charge on any atom is 0.433 e. The van der Waals surface area contributed by atoms with Crippen molar-refractivity contribution in [1.82, 2.24) is 4.98 Å². The second-order valence-electron chi connectivity index (χ2n) is 8.54. The molecule has 0 saturated carbocycles. The smallest absolute Gasteiger partial charge is 0.433 e. The van der Waals surface area contributed by atoms with Crippen molar-refractivity contribution in [2.45, 2.75) is 17.0 Å². The number of thioether (sulfide) groups is 1. The van der Waals surface area contributed by atoms with Crippen LogP contribution in [-0.4, -0.2) is 22.8 Å². The first kappa shape index (κ1) is 29.0. The van der Waals surface area contributed by atoms with Gasteiger partial charge in [0.25, 0.3) is 5.69 Å². The SMILES string of the molecule is COc1ccc(/C=C/C(=O)c2ccccc2[N+](=O)[O-])cc1CSc1nc(C(F)(F)F)cc(-c2ccccc2)c1C#N. The van der Waals surface area contributed by atoms with E-state index in [1.807, 2.05) is 6.07 Å². The van der Waals surface area contributed by atoms with Crippen molar-refractivity contribution >= 4 is 29.3 Å². The topological polar surface area (TPSA) is 106 Å². The van der Waals surface area contributed by atoms with Crippen molar-refractivity contribution in [3.05, 3.63) is 123 Å². The van der Waals surface area contributed by atoms with Crippen LogP contribution in [0.5, 0.6) is 5.75 Å². The van der Waals surface area contributed by atoms with Crippen LogP contribution in [0.3, 0.4) is 0 Å². The number of allylic oxidation sites excluding steroid dienone is 1. The molecule has 0 bridgehead atoms. The van der Waals surface area contributed by atoms with Crippen LogP contribution in [0, 0.1) is 21.4 Å². The molecule has 0 unspecified atom stereocenters. The molecular weight excluding hydrogens is 555 g/mol. The van der Waals surface area contributed by atoms with E-state index in [1.165, 1.54) is 43.5 Å². The Bertz CT molecular complexity index is 1680. The first-order valence-corrected chi connectivity index (χ1v) is 12.9. The Morgan fingerprint density at radius 1 is 1.10 bits per heavy atom. The summed E-state index contributed by atoms with van der Waals surface area (Å²) in [6.07, 6.45) is -2.05. The Labute approximate surface area is 237 Å². The number of carbonyl (C=O) groups is 1. The number of methoxy groups -OCH3 is 1. The van der Waals surface area contributed by atoms with Gasteiger partial charge in [-0.15, -0.1) is 11.8 Å². The van der Waals surface area contributed by atoms with Crippen molar-refractivity contribution in [3.63, 3.8) is 0 Å². The normalized spacial score (nSPS) is 11.3. The Hall–Kier alpha value is -4.95. The van der Waals surface area contributed by atoms with Gasteiger partial charge < -0.3 is 4.74 Å². The fourth-order valence-corrected chi connectivity index (χ4v) is 4.97. The zero-order chi connectivity index (χ0) is 29.6. The highest BCUT2D eigenvalue weighted by Gasteiger charge is 2.34. The predicted molar refractivity (Wildman–Crippen MR) is 148 cm³/mol. The van der Waals surface area contributed by atoms with Crippen LogP contribution in [-0.2, 0) is 11.9 Å². The molecule has 4 aromatic rings. The van der Waals surface area contributed by atoms with E-state index in [0.29, 0.717) is 22.4 Å². The average molecular weight is 576 g/mol. The Kier molecular flexibility index (Phi) is 8.84. The zero-order valence-corrected chi connectivity index (χ0v) is 22.2. The van der Waals surface area contributed by atoms with Crippen molar-refractivity contribution in [2.24, 2.45) is 0 Å². The number of pyridine rings is 1. The number of nitriles is 1. The number of hydrogen-bond donors (Lipinski definition) is 0. The van der Waals surface area contributed by atoms with Crippen LogP contribution in [0.2, 0.25) is 0 Å². The minimum Gasteiger partial charge on any atom is -0.496 e. The van der Waals surface area contributed by atoms with Crippen LogP contribution in [0.15, 0.2) is 90.0 Å². The lowest BCUT2D eigenvalue weighted by Gasteiger charge is -2.15. The number of aromatic nitrogens is 1. The molecule has 0 aliphatic heterocycles. The molecular formula is C30H20F3N3O4S. The van der Waals surface area contributed by atoms with Gasteiger partial charge in [-0.1, -0.05) is 54.6 Å². The van der Waals surface area contributed by atoms with Gasteiger partial charge in [0, 0.05) is 22.9 Å². The third kappa shape index (κ3) is 6.80. The number of benzene rings is 3. The molecule has 0 aliphatic carbocycles. The summed E-state index contributed by atoms with van der Waals surface area (Å²) in [5.74, 6) is -0.0297. The molecule has 206 valence electrons. The summed E-state index contributed by atoms with van der Waals surface area (Å²) in [7, 11) is 1.44. The second-order valence-corrected chi connectivity index (χ2v) is 9.51. The first-order valence-electron chi connectivity index (χ1n) is 12.0. The quantitative estimate of drug-likeness (QED) is 0.0660. The van der Waals surface area contributed by atoms with Crippen LogP contribution in [0.25, 0.3) is 17.2 Å².